The van der Waals surface area contributed by atoms with E-state index < -0.39 is 0 Å². The predicted octanol–water partition coefficient (Wildman–Crippen LogP) is 2.42. The van der Waals surface area contributed by atoms with Crippen LogP contribution in [0, 0.1) is 0 Å². The fourth-order valence-electron chi connectivity index (χ4n) is 2.46. The molecule has 0 saturated carbocycles. The number of carbonyl (C=O) groups is 1. The summed E-state index contributed by atoms with van der Waals surface area (Å²) in [5, 5.41) is 0. The quantitative estimate of drug-likeness (QED) is 0.603. The van der Waals surface area contributed by atoms with Crippen LogP contribution in [0.2, 0.25) is 0 Å². The summed E-state index contributed by atoms with van der Waals surface area (Å²) in [5.41, 5.74) is 2.44. The van der Waals surface area contributed by atoms with Gasteiger partial charge in [-0.05, 0) is 11.1 Å². The maximum atomic E-state index is 11.6. The Kier molecular flexibility index (Phi) is 1.63. The smallest absolute Gasteiger partial charge is 0.411 e. The first-order valence-electron chi connectivity index (χ1n) is 4.96. The highest BCUT2D eigenvalue weighted by atomic mass is 16.5. The van der Waals surface area contributed by atoms with Gasteiger partial charge in [-0.25, -0.2) is 4.79 Å². The molecule has 1 aromatic carbocycles. The largest absolute Gasteiger partial charge is 0.453 e. The number of rotatable bonds is 0. The Morgan fingerprint density at radius 2 is 1.73 bits per heavy atom. The van der Waals surface area contributed by atoms with E-state index in [1.165, 1.54) is 18.2 Å². The Labute approximate surface area is 88.0 Å². The van der Waals surface area contributed by atoms with E-state index in [4.69, 9.17) is 4.74 Å². The molecule has 0 saturated heterocycles. The van der Waals surface area contributed by atoms with Crippen molar-refractivity contribution in [1.29, 1.82) is 0 Å². The zero-order valence-corrected chi connectivity index (χ0v) is 8.38. The van der Waals surface area contributed by atoms with Crippen LogP contribution in [0.4, 0.5) is 4.79 Å². The average Bonchev–Trinajstić information content (AvgIpc) is 2.84. The molecule has 1 amide bonds. The Morgan fingerprint density at radius 3 is 2.20 bits per heavy atom. The van der Waals surface area contributed by atoms with E-state index in [-0.39, 0.29) is 18.2 Å². The standard InChI is InChI=1S/C12H11NO2/c1-15-12(14)13-10-6-7-11(13)9-5-3-2-4-8(9)10/h2-7,10-11H,1H3/t10-,11+. The highest BCUT2D eigenvalue weighted by Crippen LogP contribution is 2.48. The third-order valence-corrected chi connectivity index (χ3v) is 3.09. The number of hydrogen-bond acceptors (Lipinski definition) is 2. The van der Waals surface area contributed by atoms with Crippen LogP contribution in [-0.4, -0.2) is 18.1 Å². The second-order valence-electron chi connectivity index (χ2n) is 3.78. The van der Waals surface area contributed by atoms with Gasteiger partial charge in [-0.2, -0.15) is 0 Å². The van der Waals surface area contributed by atoms with Crippen LogP contribution in [0.15, 0.2) is 36.4 Å². The van der Waals surface area contributed by atoms with Crippen molar-refractivity contribution in [3.05, 3.63) is 47.5 Å². The highest BCUT2D eigenvalue weighted by Gasteiger charge is 2.43. The summed E-state index contributed by atoms with van der Waals surface area (Å²) >= 11 is 0. The lowest BCUT2D eigenvalue weighted by Crippen LogP contribution is -2.28. The summed E-state index contributed by atoms with van der Waals surface area (Å²) in [6, 6.07) is 8.28. The fourth-order valence-corrected chi connectivity index (χ4v) is 2.46. The normalized spacial score (nSPS) is 25.5. The lowest BCUT2D eigenvalue weighted by Gasteiger charge is -2.20. The van der Waals surface area contributed by atoms with E-state index in [9.17, 15) is 4.79 Å². The maximum Gasteiger partial charge on any atom is 0.411 e. The number of amides is 1. The Hall–Kier alpha value is -1.77. The molecule has 2 aliphatic rings. The van der Waals surface area contributed by atoms with Gasteiger partial charge < -0.3 is 4.74 Å². The number of carbonyl (C=O) groups excluding carboxylic acids is 1. The van der Waals surface area contributed by atoms with Gasteiger partial charge in [0.1, 0.15) is 0 Å². The molecule has 0 unspecified atom stereocenters. The van der Waals surface area contributed by atoms with Gasteiger partial charge in [0.15, 0.2) is 0 Å². The average molecular weight is 201 g/mol. The van der Waals surface area contributed by atoms with E-state index >= 15 is 0 Å². The molecule has 0 aromatic heterocycles. The van der Waals surface area contributed by atoms with Crippen LogP contribution in [-0.2, 0) is 4.74 Å². The predicted molar refractivity (Wildman–Crippen MR) is 55.3 cm³/mol. The first-order valence-corrected chi connectivity index (χ1v) is 4.96. The number of ether oxygens (including phenoxy) is 1. The summed E-state index contributed by atoms with van der Waals surface area (Å²) in [5.74, 6) is 0. The van der Waals surface area contributed by atoms with E-state index in [0.717, 1.165) is 0 Å². The van der Waals surface area contributed by atoms with Crippen LogP contribution in [0.5, 0.6) is 0 Å². The zero-order chi connectivity index (χ0) is 10.4. The SMILES string of the molecule is COC(=O)N1[C@@H]2C=C[C@H]1c1ccccc12. The number of benzene rings is 1. The molecule has 3 nitrogen and oxygen atoms in total. The van der Waals surface area contributed by atoms with Gasteiger partial charge in [0.25, 0.3) is 0 Å². The Morgan fingerprint density at radius 1 is 1.20 bits per heavy atom. The Balaban J connectivity index is 2.07. The summed E-state index contributed by atoms with van der Waals surface area (Å²) in [7, 11) is 1.42. The molecule has 3 rings (SSSR count). The molecule has 2 heterocycles. The second-order valence-corrected chi connectivity index (χ2v) is 3.78. The van der Waals surface area contributed by atoms with Crippen molar-refractivity contribution in [2.75, 3.05) is 7.11 Å². The molecule has 2 aliphatic heterocycles. The minimum Gasteiger partial charge on any atom is -0.453 e. The fraction of sp³-hybridized carbons (Fsp3) is 0.250. The van der Waals surface area contributed by atoms with E-state index in [0.29, 0.717) is 0 Å². The van der Waals surface area contributed by atoms with Crippen molar-refractivity contribution >= 4 is 6.09 Å². The summed E-state index contributed by atoms with van der Waals surface area (Å²) < 4.78 is 4.79. The molecule has 0 aliphatic carbocycles. The molecule has 2 atom stereocenters. The molecule has 2 bridgehead atoms. The van der Waals surface area contributed by atoms with E-state index in [1.54, 1.807) is 4.90 Å². The van der Waals surface area contributed by atoms with Crippen LogP contribution in [0.1, 0.15) is 23.2 Å². The minimum absolute atomic E-state index is 0.0682. The Bertz CT molecular complexity index is 420. The highest BCUT2D eigenvalue weighted by molar-refractivity contribution is 5.73. The van der Waals surface area contributed by atoms with Crippen molar-refractivity contribution in [3.8, 4) is 0 Å². The van der Waals surface area contributed by atoms with Gasteiger partial charge >= 0.3 is 6.09 Å². The zero-order valence-electron chi connectivity index (χ0n) is 8.38. The third-order valence-electron chi connectivity index (χ3n) is 3.09. The van der Waals surface area contributed by atoms with Crippen molar-refractivity contribution in [1.82, 2.24) is 4.90 Å². The first kappa shape index (κ1) is 8.53. The van der Waals surface area contributed by atoms with E-state index in [2.05, 4.69) is 24.3 Å². The summed E-state index contributed by atoms with van der Waals surface area (Å²) in [6.45, 7) is 0. The van der Waals surface area contributed by atoms with Crippen molar-refractivity contribution in [2.45, 2.75) is 12.1 Å². The monoisotopic (exact) mass is 201 g/mol. The van der Waals surface area contributed by atoms with Gasteiger partial charge in [0.05, 0.1) is 19.2 Å². The molecule has 0 radical (unpaired) electrons. The van der Waals surface area contributed by atoms with Gasteiger partial charge in [0.2, 0.25) is 0 Å². The molecular formula is C12H11NO2. The van der Waals surface area contributed by atoms with Crippen molar-refractivity contribution in [3.63, 3.8) is 0 Å². The van der Waals surface area contributed by atoms with E-state index in [1.807, 2.05) is 12.1 Å². The van der Waals surface area contributed by atoms with Crippen molar-refractivity contribution in [2.24, 2.45) is 0 Å². The van der Waals surface area contributed by atoms with Crippen LogP contribution in [0.25, 0.3) is 0 Å². The lowest BCUT2D eigenvalue weighted by molar-refractivity contribution is 0.114. The van der Waals surface area contributed by atoms with Gasteiger partial charge in [-0.15, -0.1) is 0 Å². The van der Waals surface area contributed by atoms with Crippen LogP contribution < -0.4 is 0 Å². The number of methoxy groups -OCH3 is 1. The number of hydrogen-bond donors (Lipinski definition) is 0. The maximum absolute atomic E-state index is 11.6. The molecule has 76 valence electrons. The van der Waals surface area contributed by atoms with Gasteiger partial charge in [0, 0.05) is 0 Å². The molecule has 0 fully saturated rings. The molecule has 0 N–H and O–H groups in total. The topological polar surface area (TPSA) is 29.5 Å². The van der Waals surface area contributed by atoms with Crippen LogP contribution >= 0.6 is 0 Å². The van der Waals surface area contributed by atoms with Crippen molar-refractivity contribution < 1.29 is 9.53 Å². The molecule has 0 spiro atoms. The summed E-state index contributed by atoms with van der Waals surface area (Å²) in [6.07, 6.45) is 3.86. The summed E-state index contributed by atoms with van der Waals surface area (Å²) in [4.78, 5) is 13.4. The second kappa shape index (κ2) is 2.86. The molecular weight excluding hydrogens is 190 g/mol. The number of nitrogens with zero attached hydrogens (tertiary/aromatic N) is 1. The minimum atomic E-state index is -0.258. The van der Waals surface area contributed by atoms with Gasteiger partial charge in [-0.1, -0.05) is 36.4 Å². The third kappa shape index (κ3) is 0.975. The van der Waals surface area contributed by atoms with Gasteiger partial charge in [-0.3, -0.25) is 4.90 Å². The van der Waals surface area contributed by atoms with Crippen LogP contribution in [0.3, 0.4) is 0 Å². The molecule has 1 aromatic rings. The number of fused-ring (bicyclic) bond motifs is 5. The molecule has 15 heavy (non-hydrogen) atoms. The lowest BCUT2D eigenvalue weighted by atomic mass is 9.97. The first-order chi connectivity index (χ1) is 7.33. The molecule has 3 heteroatoms.